The maximum atomic E-state index is 11.9. The minimum Gasteiger partial charge on any atom is -0.591 e. The summed E-state index contributed by atoms with van der Waals surface area (Å²) in [5.41, 5.74) is 0.764. The summed E-state index contributed by atoms with van der Waals surface area (Å²) >= 11 is -1.29. The Morgan fingerprint density at radius 3 is 2.10 bits per heavy atom. The third-order valence-corrected chi connectivity index (χ3v) is 3.71. The van der Waals surface area contributed by atoms with Crippen molar-refractivity contribution in [2.75, 3.05) is 0 Å². The van der Waals surface area contributed by atoms with E-state index in [0.717, 1.165) is 5.56 Å². The summed E-state index contributed by atoms with van der Waals surface area (Å²) in [6.45, 7) is 11.1. The Bertz CT molecular complexity index is 510. The van der Waals surface area contributed by atoms with Gasteiger partial charge in [0.25, 0.3) is 0 Å². The highest BCUT2D eigenvalue weighted by Gasteiger charge is 2.25. The van der Waals surface area contributed by atoms with Crippen molar-refractivity contribution in [3.63, 3.8) is 0 Å². The highest BCUT2D eigenvalue weighted by molar-refractivity contribution is 7.91. The zero-order valence-electron chi connectivity index (χ0n) is 13.5. The molecule has 0 aliphatic carbocycles. The fraction of sp³-hybridized carbons (Fsp3) is 0.500. The lowest BCUT2D eigenvalue weighted by molar-refractivity contribution is 0.00695. The van der Waals surface area contributed by atoms with E-state index in [4.69, 9.17) is 4.74 Å². The van der Waals surface area contributed by atoms with Gasteiger partial charge in [-0.2, -0.15) is 0 Å². The summed E-state index contributed by atoms with van der Waals surface area (Å²) in [7, 11) is 0. The van der Waals surface area contributed by atoms with Crippen LogP contribution in [0.3, 0.4) is 0 Å². The molecule has 0 heterocycles. The van der Waals surface area contributed by atoms with Gasteiger partial charge in [0.1, 0.15) is 21.7 Å². The van der Waals surface area contributed by atoms with E-state index in [9.17, 15) is 9.35 Å². The minimum absolute atomic E-state index is 0.357. The third-order valence-electron chi connectivity index (χ3n) is 2.37. The van der Waals surface area contributed by atoms with Crippen molar-refractivity contribution in [3.05, 3.63) is 35.4 Å². The number of benzene rings is 1. The molecular weight excluding hydrogens is 286 g/mol. The van der Waals surface area contributed by atoms with Gasteiger partial charge in [0.2, 0.25) is 0 Å². The Morgan fingerprint density at radius 2 is 1.67 bits per heavy atom. The Hall–Kier alpha value is -1.33. The molecule has 0 bridgehead atoms. The first kappa shape index (κ1) is 17.7. The van der Waals surface area contributed by atoms with Crippen LogP contribution in [0.5, 0.6) is 0 Å². The van der Waals surface area contributed by atoms with Gasteiger partial charge >= 0.3 is 5.97 Å². The van der Waals surface area contributed by atoms with E-state index < -0.39 is 17.0 Å². The molecule has 0 N–H and O–H groups in total. The van der Waals surface area contributed by atoms with Crippen LogP contribution in [0, 0.1) is 0 Å². The molecule has 0 saturated heterocycles. The number of carbonyl (C=O) groups is 1. The average Bonchev–Trinajstić information content (AvgIpc) is 2.33. The number of esters is 1. The van der Waals surface area contributed by atoms with Crippen LogP contribution in [0.4, 0.5) is 0 Å². The van der Waals surface area contributed by atoms with Gasteiger partial charge in [-0.1, -0.05) is 16.5 Å². The molecule has 4 nitrogen and oxygen atoms in total. The van der Waals surface area contributed by atoms with Gasteiger partial charge in [0, 0.05) is 0 Å². The van der Waals surface area contributed by atoms with E-state index in [2.05, 4.69) is 4.40 Å². The summed E-state index contributed by atoms with van der Waals surface area (Å²) in [4.78, 5) is 11.9. The second-order valence-corrected chi connectivity index (χ2v) is 8.65. The van der Waals surface area contributed by atoms with E-state index in [0.29, 0.717) is 5.56 Å². The van der Waals surface area contributed by atoms with Crippen LogP contribution in [-0.2, 0) is 16.1 Å². The predicted octanol–water partition coefficient (Wildman–Crippen LogP) is 3.52. The highest BCUT2D eigenvalue weighted by Crippen LogP contribution is 2.17. The Kier molecular flexibility index (Phi) is 5.59. The number of hydrogen-bond donors (Lipinski definition) is 0. The van der Waals surface area contributed by atoms with Crippen molar-refractivity contribution < 1.29 is 14.1 Å². The maximum absolute atomic E-state index is 11.9. The summed E-state index contributed by atoms with van der Waals surface area (Å²) in [6, 6.07) is 6.86. The first-order chi connectivity index (χ1) is 9.49. The number of ether oxygens (including phenoxy) is 1. The number of rotatable bonds is 3. The van der Waals surface area contributed by atoms with Crippen molar-refractivity contribution in [1.29, 1.82) is 0 Å². The van der Waals surface area contributed by atoms with Crippen LogP contribution in [0.25, 0.3) is 0 Å². The van der Waals surface area contributed by atoms with Crippen molar-refractivity contribution in [1.82, 2.24) is 0 Å². The topological polar surface area (TPSA) is 61.7 Å². The van der Waals surface area contributed by atoms with Crippen LogP contribution in [0.15, 0.2) is 28.7 Å². The van der Waals surface area contributed by atoms with E-state index >= 15 is 0 Å². The van der Waals surface area contributed by atoms with E-state index in [1.807, 2.05) is 41.5 Å². The SMILES string of the molecule is CC(C)(C)OC(=O)c1ccc(C=N[S+]([O-])C(C)(C)C)cc1. The number of nitrogens with zero attached hydrogens (tertiary/aromatic N) is 1. The minimum atomic E-state index is -1.29. The quantitative estimate of drug-likeness (QED) is 0.487. The molecule has 0 amide bonds. The summed E-state index contributed by atoms with van der Waals surface area (Å²) in [6.07, 6.45) is 1.56. The smallest absolute Gasteiger partial charge is 0.338 e. The molecule has 116 valence electrons. The van der Waals surface area contributed by atoms with Crippen LogP contribution in [-0.4, -0.2) is 27.1 Å². The molecule has 21 heavy (non-hydrogen) atoms. The largest absolute Gasteiger partial charge is 0.591 e. The third kappa shape index (κ3) is 6.31. The van der Waals surface area contributed by atoms with E-state index in [1.54, 1.807) is 30.5 Å². The van der Waals surface area contributed by atoms with Gasteiger partial charge in [0.05, 0.1) is 11.8 Å². The second kappa shape index (κ2) is 6.62. The van der Waals surface area contributed by atoms with Gasteiger partial charge < -0.3 is 9.29 Å². The standard InChI is InChI=1S/C16H23NO3S/c1-15(2,3)20-14(18)13-9-7-12(8-10-13)11-17-21(19)16(4,5)6/h7-11H,1-6H3. The normalized spacial score (nSPS) is 14.2. The van der Waals surface area contributed by atoms with Crippen LogP contribution >= 0.6 is 0 Å². The van der Waals surface area contributed by atoms with E-state index in [-0.39, 0.29) is 10.7 Å². The molecule has 0 aliphatic heterocycles. The van der Waals surface area contributed by atoms with Crippen LogP contribution < -0.4 is 0 Å². The lowest BCUT2D eigenvalue weighted by atomic mass is 10.1. The second-order valence-electron chi connectivity index (χ2n) is 6.72. The molecular formula is C16H23NO3S. The zero-order valence-corrected chi connectivity index (χ0v) is 14.3. The highest BCUT2D eigenvalue weighted by atomic mass is 32.2. The maximum Gasteiger partial charge on any atom is 0.338 e. The summed E-state index contributed by atoms with van der Waals surface area (Å²) in [5, 5.41) is 0. The molecule has 1 rings (SSSR count). The molecule has 0 aliphatic rings. The number of hydrogen-bond acceptors (Lipinski definition) is 4. The number of carbonyl (C=O) groups excluding carboxylic acids is 1. The molecule has 0 radical (unpaired) electrons. The molecule has 5 heteroatoms. The Balaban J connectivity index is 2.75. The van der Waals surface area contributed by atoms with Gasteiger partial charge in [-0.05, 0) is 59.2 Å². The zero-order chi connectivity index (χ0) is 16.3. The lowest BCUT2D eigenvalue weighted by Crippen LogP contribution is -2.25. The van der Waals surface area contributed by atoms with Gasteiger partial charge in [0.15, 0.2) is 0 Å². The van der Waals surface area contributed by atoms with Crippen molar-refractivity contribution in [3.8, 4) is 0 Å². The monoisotopic (exact) mass is 309 g/mol. The fourth-order valence-electron chi connectivity index (χ4n) is 1.31. The Labute approximate surface area is 129 Å². The molecule has 1 atom stereocenters. The molecule has 1 aromatic rings. The van der Waals surface area contributed by atoms with Gasteiger partial charge in [-0.25, -0.2) is 4.79 Å². The summed E-state index contributed by atoms with van der Waals surface area (Å²) in [5.74, 6) is -0.357. The molecule has 0 saturated carbocycles. The molecule has 0 aromatic heterocycles. The summed E-state index contributed by atoms with van der Waals surface area (Å²) < 4.78 is 20.7. The van der Waals surface area contributed by atoms with Crippen LogP contribution in [0.1, 0.15) is 57.5 Å². The first-order valence-corrected chi connectivity index (χ1v) is 7.89. The fourth-order valence-corrected chi connectivity index (χ4v) is 1.84. The van der Waals surface area contributed by atoms with Crippen molar-refractivity contribution >= 4 is 23.5 Å². The van der Waals surface area contributed by atoms with Crippen molar-refractivity contribution in [2.24, 2.45) is 4.40 Å². The molecule has 0 spiro atoms. The first-order valence-electron chi connectivity index (χ1n) is 6.78. The molecule has 1 unspecified atom stereocenters. The van der Waals surface area contributed by atoms with Gasteiger partial charge in [-0.15, -0.1) is 0 Å². The molecule has 0 fully saturated rings. The van der Waals surface area contributed by atoms with E-state index in [1.165, 1.54) is 0 Å². The average molecular weight is 309 g/mol. The van der Waals surface area contributed by atoms with Crippen molar-refractivity contribution in [2.45, 2.75) is 51.9 Å². The van der Waals surface area contributed by atoms with Gasteiger partial charge in [-0.3, -0.25) is 0 Å². The van der Waals surface area contributed by atoms with Crippen LogP contribution in [0.2, 0.25) is 0 Å². The predicted molar refractivity (Wildman–Crippen MR) is 87.1 cm³/mol. The lowest BCUT2D eigenvalue weighted by Gasteiger charge is -2.19. The molecule has 1 aromatic carbocycles. The Morgan fingerprint density at radius 1 is 1.14 bits per heavy atom.